The molecule has 0 unspecified atom stereocenters. The van der Waals surface area contributed by atoms with Gasteiger partial charge < -0.3 is 10.2 Å². The number of benzene rings is 1. The normalized spacial score (nSPS) is 11.1. The highest BCUT2D eigenvalue weighted by Gasteiger charge is 2.07. The van der Waals surface area contributed by atoms with E-state index in [0.717, 1.165) is 37.6 Å². The maximum absolute atomic E-state index is 4.60. The van der Waals surface area contributed by atoms with Crippen molar-refractivity contribution in [2.45, 2.75) is 31.2 Å². The Morgan fingerprint density at radius 3 is 2.60 bits per heavy atom. The number of hydrogen-bond donors (Lipinski definition) is 1. The first kappa shape index (κ1) is 22.2. The van der Waals surface area contributed by atoms with E-state index in [0.29, 0.717) is 0 Å². The molecule has 2 rings (SSSR count). The van der Waals surface area contributed by atoms with Crippen molar-refractivity contribution in [2.24, 2.45) is 4.99 Å². The van der Waals surface area contributed by atoms with E-state index in [1.807, 2.05) is 7.05 Å². The summed E-state index contributed by atoms with van der Waals surface area (Å²) in [5, 5.41) is 6.79. The highest BCUT2D eigenvalue weighted by molar-refractivity contribution is 14.0. The van der Waals surface area contributed by atoms with Crippen LogP contribution in [0.15, 0.2) is 39.5 Å². The van der Waals surface area contributed by atoms with Crippen LogP contribution in [-0.2, 0) is 19.4 Å². The van der Waals surface area contributed by atoms with Gasteiger partial charge in [0.15, 0.2) is 5.96 Å². The van der Waals surface area contributed by atoms with Gasteiger partial charge in [0.1, 0.15) is 0 Å². The van der Waals surface area contributed by atoms with Gasteiger partial charge in [-0.1, -0.05) is 19.1 Å². The lowest BCUT2D eigenvalue weighted by Crippen LogP contribution is -2.39. The number of halogens is 1. The van der Waals surface area contributed by atoms with E-state index in [-0.39, 0.29) is 24.0 Å². The first-order valence-corrected chi connectivity index (χ1v) is 10.2. The molecule has 0 fully saturated rings. The zero-order valence-corrected chi connectivity index (χ0v) is 19.2. The predicted molar refractivity (Wildman–Crippen MR) is 122 cm³/mol. The number of guanidine groups is 1. The van der Waals surface area contributed by atoms with Crippen LogP contribution in [-0.4, -0.2) is 42.7 Å². The van der Waals surface area contributed by atoms with Crippen molar-refractivity contribution >= 4 is 53.0 Å². The summed E-state index contributed by atoms with van der Waals surface area (Å²) in [5.41, 5.74) is 2.44. The lowest BCUT2D eigenvalue weighted by molar-refractivity contribution is 0.477. The maximum atomic E-state index is 4.60. The van der Waals surface area contributed by atoms with Crippen LogP contribution >= 0.6 is 47.1 Å². The molecule has 1 heterocycles. The molecule has 4 nitrogen and oxygen atoms in total. The van der Waals surface area contributed by atoms with Crippen molar-refractivity contribution in [2.75, 3.05) is 26.9 Å². The smallest absolute Gasteiger partial charge is 0.193 e. The molecule has 0 aliphatic carbocycles. The van der Waals surface area contributed by atoms with Crippen molar-refractivity contribution in [3.8, 4) is 0 Å². The van der Waals surface area contributed by atoms with Crippen LogP contribution in [0.25, 0.3) is 0 Å². The van der Waals surface area contributed by atoms with Crippen LogP contribution in [0.5, 0.6) is 0 Å². The molecule has 0 atom stereocenters. The summed E-state index contributed by atoms with van der Waals surface area (Å²) in [6.07, 6.45) is 4.03. The number of aromatic nitrogens is 1. The minimum absolute atomic E-state index is 0. The van der Waals surface area contributed by atoms with E-state index >= 15 is 0 Å². The third-order valence-electron chi connectivity index (χ3n) is 3.72. The lowest BCUT2D eigenvalue weighted by Gasteiger charge is -2.22. The average molecular weight is 490 g/mol. The van der Waals surface area contributed by atoms with E-state index in [1.165, 1.54) is 15.5 Å². The first-order valence-electron chi connectivity index (χ1n) is 8.14. The number of thioether (sulfide) groups is 1. The molecule has 0 radical (unpaired) electrons. The molecule has 0 saturated carbocycles. The third-order valence-corrected chi connectivity index (χ3v) is 5.50. The average Bonchev–Trinajstić information content (AvgIpc) is 3.07. The maximum Gasteiger partial charge on any atom is 0.193 e. The van der Waals surface area contributed by atoms with E-state index in [1.54, 1.807) is 23.1 Å². The molecule has 138 valence electrons. The molecule has 0 amide bonds. The second-order valence-electron chi connectivity index (χ2n) is 5.51. The number of thiazole rings is 1. The third kappa shape index (κ3) is 7.15. The van der Waals surface area contributed by atoms with Crippen LogP contribution in [0.1, 0.15) is 23.2 Å². The van der Waals surface area contributed by atoms with Crippen LogP contribution < -0.4 is 5.32 Å². The number of aryl methyl sites for hydroxylation is 1. The molecule has 0 saturated heterocycles. The molecule has 0 aliphatic rings. The summed E-state index contributed by atoms with van der Waals surface area (Å²) in [7, 11) is 3.89. The van der Waals surface area contributed by atoms with Gasteiger partial charge in [0.2, 0.25) is 0 Å². The Labute approximate surface area is 176 Å². The van der Waals surface area contributed by atoms with E-state index in [2.05, 4.69) is 70.1 Å². The molecule has 0 spiro atoms. The molecule has 2 aromatic rings. The fourth-order valence-corrected chi connectivity index (χ4v) is 3.58. The van der Waals surface area contributed by atoms with Crippen LogP contribution in [0, 0.1) is 0 Å². The number of nitrogens with one attached hydrogen (secondary N) is 1. The largest absolute Gasteiger partial charge is 0.356 e. The second-order valence-corrected chi connectivity index (χ2v) is 7.34. The first-order chi connectivity index (χ1) is 11.7. The minimum atomic E-state index is 0. The molecule has 25 heavy (non-hydrogen) atoms. The standard InChI is InChI=1S/C18H26N4S2.HI/c1-5-17-21-15(13-24-17)10-11-20-18(19-2)22(3)12-14-6-8-16(23-4)9-7-14;/h6-9,13H,5,10-12H2,1-4H3,(H,19,20);1H. The summed E-state index contributed by atoms with van der Waals surface area (Å²) in [6.45, 7) is 3.82. The van der Waals surface area contributed by atoms with Crippen molar-refractivity contribution in [1.29, 1.82) is 0 Å². The van der Waals surface area contributed by atoms with Gasteiger partial charge in [-0.15, -0.1) is 47.1 Å². The summed E-state index contributed by atoms with van der Waals surface area (Å²) in [5.74, 6) is 0.912. The van der Waals surface area contributed by atoms with Gasteiger partial charge in [-0.05, 0) is 30.4 Å². The van der Waals surface area contributed by atoms with Crippen molar-refractivity contribution in [1.82, 2.24) is 15.2 Å². The van der Waals surface area contributed by atoms with E-state index < -0.39 is 0 Å². The van der Waals surface area contributed by atoms with Crippen LogP contribution in [0.3, 0.4) is 0 Å². The van der Waals surface area contributed by atoms with E-state index in [4.69, 9.17) is 0 Å². The number of hydrogen-bond acceptors (Lipinski definition) is 4. The Kier molecular flexibility index (Phi) is 10.4. The van der Waals surface area contributed by atoms with Crippen molar-refractivity contribution in [3.63, 3.8) is 0 Å². The van der Waals surface area contributed by atoms with Gasteiger partial charge in [0.25, 0.3) is 0 Å². The quantitative estimate of drug-likeness (QED) is 0.272. The molecule has 7 heteroatoms. The van der Waals surface area contributed by atoms with Gasteiger partial charge in [0.05, 0.1) is 10.7 Å². The summed E-state index contributed by atoms with van der Waals surface area (Å²) in [6, 6.07) is 8.68. The molecule has 1 aromatic carbocycles. The summed E-state index contributed by atoms with van der Waals surface area (Å²) >= 11 is 3.51. The highest BCUT2D eigenvalue weighted by atomic mass is 127. The Hall–Kier alpha value is -0.800. The Morgan fingerprint density at radius 2 is 2.04 bits per heavy atom. The molecule has 1 N–H and O–H groups in total. The topological polar surface area (TPSA) is 40.5 Å². The van der Waals surface area contributed by atoms with Gasteiger partial charge in [-0.2, -0.15) is 0 Å². The predicted octanol–water partition coefficient (Wildman–Crippen LogP) is 4.30. The number of aliphatic imine (C=N–C) groups is 1. The molecule has 0 bridgehead atoms. The fourth-order valence-electron chi connectivity index (χ4n) is 2.39. The van der Waals surface area contributed by atoms with Crippen molar-refractivity contribution < 1.29 is 0 Å². The fraction of sp³-hybridized carbons (Fsp3) is 0.444. The van der Waals surface area contributed by atoms with Gasteiger partial charge in [0, 0.05) is 43.9 Å². The molecular weight excluding hydrogens is 463 g/mol. The minimum Gasteiger partial charge on any atom is -0.356 e. The molecule has 1 aromatic heterocycles. The number of rotatable bonds is 7. The summed E-state index contributed by atoms with van der Waals surface area (Å²) < 4.78 is 0. The zero-order chi connectivity index (χ0) is 17.4. The lowest BCUT2D eigenvalue weighted by atomic mass is 10.2. The Morgan fingerprint density at radius 1 is 1.32 bits per heavy atom. The molecule has 0 aliphatic heterocycles. The zero-order valence-electron chi connectivity index (χ0n) is 15.3. The van der Waals surface area contributed by atoms with Gasteiger partial charge in [-0.3, -0.25) is 4.99 Å². The number of nitrogens with zero attached hydrogens (tertiary/aromatic N) is 3. The van der Waals surface area contributed by atoms with Crippen LogP contribution in [0.4, 0.5) is 0 Å². The highest BCUT2D eigenvalue weighted by Crippen LogP contribution is 2.15. The van der Waals surface area contributed by atoms with Crippen molar-refractivity contribution in [3.05, 3.63) is 45.9 Å². The second kappa shape index (κ2) is 11.7. The van der Waals surface area contributed by atoms with Gasteiger partial charge >= 0.3 is 0 Å². The van der Waals surface area contributed by atoms with Gasteiger partial charge in [-0.25, -0.2) is 4.98 Å². The summed E-state index contributed by atoms with van der Waals surface area (Å²) in [4.78, 5) is 12.4. The van der Waals surface area contributed by atoms with E-state index in [9.17, 15) is 0 Å². The van der Waals surface area contributed by atoms with Crippen LogP contribution in [0.2, 0.25) is 0 Å². The molecular formula is C18H27IN4S2. The SMILES string of the molecule is CCc1nc(CCNC(=NC)N(C)Cc2ccc(SC)cc2)cs1.I. The Bertz CT molecular complexity index is 655. The monoisotopic (exact) mass is 490 g/mol. The Balaban J connectivity index is 0.00000312.